The number of carboxylic acid groups (broad SMARTS) is 1. The molecule has 1 aliphatic rings. The summed E-state index contributed by atoms with van der Waals surface area (Å²) in [4.78, 5) is 19.9. The summed E-state index contributed by atoms with van der Waals surface area (Å²) in [5.74, 6) is 0.591. The van der Waals surface area contributed by atoms with Crippen LogP contribution in [0.25, 0.3) is 11.3 Å². The molecule has 2 aromatic carbocycles. The van der Waals surface area contributed by atoms with Gasteiger partial charge in [0.15, 0.2) is 0 Å². The summed E-state index contributed by atoms with van der Waals surface area (Å²) in [7, 11) is 0. The fraction of sp³-hybridized carbons (Fsp3) is 0.320. The van der Waals surface area contributed by atoms with E-state index in [1.807, 2.05) is 31.2 Å². The fourth-order valence-electron chi connectivity index (χ4n) is 4.06. The number of fused-ring (bicyclic) bond motifs is 1. The highest BCUT2D eigenvalue weighted by molar-refractivity contribution is 6.31. The number of anilines is 1. The second-order valence-corrected chi connectivity index (χ2v) is 8.38. The zero-order valence-corrected chi connectivity index (χ0v) is 18.7. The van der Waals surface area contributed by atoms with Gasteiger partial charge in [-0.2, -0.15) is 0 Å². The first kappa shape index (κ1) is 22.2. The van der Waals surface area contributed by atoms with Crippen LogP contribution in [0, 0.1) is 6.92 Å². The highest BCUT2D eigenvalue weighted by Crippen LogP contribution is 2.33. The van der Waals surface area contributed by atoms with E-state index in [9.17, 15) is 4.79 Å². The largest absolute Gasteiger partial charge is 0.481 e. The molecule has 0 saturated carbocycles. The van der Waals surface area contributed by atoms with Gasteiger partial charge in [0.25, 0.3) is 0 Å². The van der Waals surface area contributed by atoms with Crippen LogP contribution in [0.2, 0.25) is 5.02 Å². The average Bonchev–Trinajstić information content (AvgIpc) is 2.77. The summed E-state index contributed by atoms with van der Waals surface area (Å²) in [6.07, 6.45) is 3.29. The molecule has 1 aromatic heterocycles. The van der Waals surface area contributed by atoms with Gasteiger partial charge in [-0.25, -0.2) is 9.97 Å². The monoisotopic (exact) mass is 451 g/mol. The van der Waals surface area contributed by atoms with Gasteiger partial charge in [0.1, 0.15) is 11.6 Å². The number of carboxylic acids is 1. The number of benzene rings is 2. The van der Waals surface area contributed by atoms with Crippen molar-refractivity contribution in [1.29, 1.82) is 0 Å². The van der Waals surface area contributed by atoms with Crippen LogP contribution in [-0.4, -0.2) is 27.7 Å². The lowest BCUT2D eigenvalue weighted by atomic mass is 9.88. The SMILES string of the molecule is Cc1nc(N[C@@H]2CCCc3ccccc32)cc(-c2ccc(Cl)c(COCCC(=O)O)c2)n1. The molecular formula is C25H26ClN3O3. The molecule has 0 unspecified atom stereocenters. The predicted octanol–water partition coefficient (Wildman–Crippen LogP) is 5.59. The zero-order chi connectivity index (χ0) is 22.5. The van der Waals surface area contributed by atoms with E-state index in [4.69, 9.17) is 21.4 Å². The molecule has 0 spiro atoms. The Kier molecular flexibility index (Phi) is 7.02. The Morgan fingerprint density at radius 3 is 2.91 bits per heavy atom. The second-order valence-electron chi connectivity index (χ2n) is 7.98. The number of nitrogens with one attached hydrogen (secondary N) is 1. The first-order valence-corrected chi connectivity index (χ1v) is 11.2. The average molecular weight is 452 g/mol. The standard InChI is InChI=1S/C25H26ClN3O3/c1-16-27-23(18-9-10-21(26)19(13-18)15-32-12-11-25(30)31)14-24(28-16)29-22-8-4-6-17-5-2-3-7-20(17)22/h2-3,5,7,9-10,13-14,22H,4,6,8,11-12,15H2,1H3,(H,30,31)(H,27,28,29)/t22-/m1/s1. The first-order chi connectivity index (χ1) is 15.5. The highest BCUT2D eigenvalue weighted by Gasteiger charge is 2.20. The summed E-state index contributed by atoms with van der Waals surface area (Å²) in [6.45, 7) is 2.27. The summed E-state index contributed by atoms with van der Waals surface area (Å²) in [5.41, 5.74) is 5.23. The summed E-state index contributed by atoms with van der Waals surface area (Å²) < 4.78 is 5.47. The lowest BCUT2D eigenvalue weighted by Crippen LogP contribution is -2.18. The van der Waals surface area contributed by atoms with E-state index in [0.717, 1.165) is 41.9 Å². The molecule has 2 N–H and O–H groups in total. The molecule has 0 saturated heterocycles. The summed E-state index contributed by atoms with van der Waals surface area (Å²) in [6, 6.07) is 16.4. The molecule has 1 atom stereocenters. The Labute approximate surface area is 192 Å². The topological polar surface area (TPSA) is 84.3 Å². The van der Waals surface area contributed by atoms with E-state index in [2.05, 4.69) is 39.6 Å². The number of carbonyl (C=O) groups is 1. The molecule has 6 nitrogen and oxygen atoms in total. The molecular weight excluding hydrogens is 426 g/mol. The van der Waals surface area contributed by atoms with Gasteiger partial charge in [-0.3, -0.25) is 4.79 Å². The van der Waals surface area contributed by atoms with Crippen LogP contribution in [0.4, 0.5) is 5.82 Å². The third-order valence-electron chi connectivity index (χ3n) is 5.59. The van der Waals surface area contributed by atoms with Gasteiger partial charge in [0.05, 0.1) is 31.4 Å². The van der Waals surface area contributed by atoms with Crippen LogP contribution in [0.3, 0.4) is 0 Å². The maximum absolute atomic E-state index is 10.7. The van der Waals surface area contributed by atoms with Gasteiger partial charge in [0.2, 0.25) is 0 Å². The van der Waals surface area contributed by atoms with Crippen LogP contribution in [0.1, 0.15) is 47.8 Å². The van der Waals surface area contributed by atoms with Crippen LogP contribution < -0.4 is 5.32 Å². The van der Waals surface area contributed by atoms with Crippen molar-refractivity contribution >= 4 is 23.4 Å². The number of rotatable bonds is 8. The molecule has 1 aliphatic carbocycles. The Hall–Kier alpha value is -2.96. The van der Waals surface area contributed by atoms with Crippen LogP contribution >= 0.6 is 11.6 Å². The Morgan fingerprint density at radius 1 is 1.22 bits per heavy atom. The van der Waals surface area contributed by atoms with Crippen LogP contribution in [0.5, 0.6) is 0 Å². The van der Waals surface area contributed by atoms with Crippen molar-refractivity contribution in [3.63, 3.8) is 0 Å². The number of ether oxygens (including phenoxy) is 1. The van der Waals surface area contributed by atoms with E-state index < -0.39 is 5.97 Å². The van der Waals surface area contributed by atoms with Crippen LogP contribution in [0.15, 0.2) is 48.5 Å². The van der Waals surface area contributed by atoms with Gasteiger partial charge >= 0.3 is 5.97 Å². The molecule has 3 aromatic rings. The van der Waals surface area contributed by atoms with E-state index in [0.29, 0.717) is 10.8 Å². The maximum Gasteiger partial charge on any atom is 0.305 e. The minimum Gasteiger partial charge on any atom is -0.481 e. The van der Waals surface area contributed by atoms with Crippen molar-refractivity contribution in [1.82, 2.24) is 9.97 Å². The predicted molar refractivity (Wildman–Crippen MR) is 125 cm³/mol. The third-order valence-corrected chi connectivity index (χ3v) is 5.96. The van der Waals surface area contributed by atoms with Crippen molar-refractivity contribution < 1.29 is 14.6 Å². The van der Waals surface area contributed by atoms with Crippen molar-refractivity contribution in [2.24, 2.45) is 0 Å². The van der Waals surface area contributed by atoms with Crippen molar-refractivity contribution in [3.05, 3.63) is 76.1 Å². The molecule has 1 heterocycles. The number of hydrogen-bond donors (Lipinski definition) is 2. The molecule has 4 rings (SSSR count). The van der Waals surface area contributed by atoms with Crippen LogP contribution in [-0.2, 0) is 22.6 Å². The quantitative estimate of drug-likeness (QED) is 0.434. The highest BCUT2D eigenvalue weighted by atomic mass is 35.5. The Balaban J connectivity index is 1.54. The van der Waals surface area contributed by atoms with Crippen molar-refractivity contribution in [3.8, 4) is 11.3 Å². The number of hydrogen-bond acceptors (Lipinski definition) is 5. The smallest absolute Gasteiger partial charge is 0.305 e. The minimum atomic E-state index is -0.887. The molecule has 0 aliphatic heterocycles. The summed E-state index contributed by atoms with van der Waals surface area (Å²) >= 11 is 6.32. The van der Waals surface area contributed by atoms with Gasteiger partial charge in [-0.05, 0) is 55.0 Å². The molecule has 0 radical (unpaired) electrons. The third kappa shape index (κ3) is 5.44. The number of aromatic nitrogens is 2. The van der Waals surface area contributed by atoms with E-state index >= 15 is 0 Å². The molecule has 166 valence electrons. The van der Waals surface area contributed by atoms with E-state index in [1.54, 1.807) is 0 Å². The molecule has 7 heteroatoms. The van der Waals surface area contributed by atoms with Gasteiger partial charge in [-0.1, -0.05) is 41.9 Å². The lowest BCUT2D eigenvalue weighted by molar-refractivity contribution is -0.138. The molecule has 32 heavy (non-hydrogen) atoms. The van der Waals surface area contributed by atoms with E-state index in [-0.39, 0.29) is 25.7 Å². The molecule has 0 fully saturated rings. The molecule has 0 bridgehead atoms. The zero-order valence-electron chi connectivity index (χ0n) is 18.0. The number of aliphatic carboxylic acids is 1. The van der Waals surface area contributed by atoms with Gasteiger partial charge < -0.3 is 15.2 Å². The maximum atomic E-state index is 10.7. The number of aryl methyl sites for hydroxylation is 2. The number of halogens is 1. The fourth-order valence-corrected chi connectivity index (χ4v) is 4.23. The Bertz CT molecular complexity index is 1120. The van der Waals surface area contributed by atoms with Crippen molar-refractivity contribution in [2.75, 3.05) is 11.9 Å². The van der Waals surface area contributed by atoms with Gasteiger partial charge in [0, 0.05) is 16.7 Å². The lowest BCUT2D eigenvalue weighted by Gasteiger charge is -2.27. The minimum absolute atomic E-state index is 0.0399. The van der Waals surface area contributed by atoms with Crippen molar-refractivity contribution in [2.45, 2.75) is 45.3 Å². The first-order valence-electron chi connectivity index (χ1n) is 10.8. The Morgan fingerprint density at radius 2 is 2.06 bits per heavy atom. The molecule has 0 amide bonds. The second kappa shape index (κ2) is 10.1. The van der Waals surface area contributed by atoms with E-state index in [1.165, 1.54) is 11.1 Å². The number of nitrogens with zero attached hydrogens (tertiary/aromatic N) is 2. The summed E-state index contributed by atoms with van der Waals surface area (Å²) in [5, 5.41) is 12.9. The van der Waals surface area contributed by atoms with Gasteiger partial charge in [-0.15, -0.1) is 0 Å². The normalized spacial score (nSPS) is 15.2.